The van der Waals surface area contributed by atoms with Gasteiger partial charge in [0.05, 0.1) is 0 Å². The van der Waals surface area contributed by atoms with Gasteiger partial charge in [0.1, 0.15) is 0 Å². The van der Waals surface area contributed by atoms with Crippen molar-refractivity contribution in [2.45, 2.75) is 30.6 Å². The summed E-state index contributed by atoms with van der Waals surface area (Å²) in [5.41, 5.74) is 0.199. The van der Waals surface area contributed by atoms with Gasteiger partial charge in [-0.25, -0.2) is 0 Å². The molecule has 2 aromatic rings. The predicted molar refractivity (Wildman–Crippen MR) is 88.8 cm³/mol. The molecule has 26 heavy (non-hydrogen) atoms. The summed E-state index contributed by atoms with van der Waals surface area (Å²) in [5, 5.41) is 8.99. The van der Waals surface area contributed by atoms with Crippen LogP contribution in [0.25, 0.3) is 0 Å². The monoisotopic (exact) mass is 423 g/mol. The van der Waals surface area contributed by atoms with Gasteiger partial charge in [-0.1, -0.05) is 0 Å². The second-order valence-electron chi connectivity index (χ2n) is 6.15. The molecule has 0 spiro atoms. The molecule has 1 N–H and O–H groups in total. The van der Waals surface area contributed by atoms with Gasteiger partial charge in [-0.05, 0) is 0 Å². The molecule has 0 aliphatic carbocycles. The Kier molecular flexibility index (Phi) is 5.41. The number of carboxylic acid groups (broad SMARTS) is 1. The van der Waals surface area contributed by atoms with Crippen molar-refractivity contribution in [1.82, 2.24) is 14.5 Å². The molecular formula is C17H16AsF2N3O3. The number of hydrogen-bond acceptors (Lipinski definition) is 3. The van der Waals surface area contributed by atoms with Crippen molar-refractivity contribution in [3.63, 3.8) is 0 Å². The predicted octanol–water partition coefficient (Wildman–Crippen LogP) is 1.79. The maximum absolute atomic E-state index is 13.7. The first-order chi connectivity index (χ1) is 12.3. The zero-order chi connectivity index (χ0) is 18.8. The summed E-state index contributed by atoms with van der Waals surface area (Å²) in [5.74, 6) is -1.70. The molecule has 0 fully saturated rings. The van der Waals surface area contributed by atoms with E-state index in [4.69, 9.17) is 5.11 Å². The van der Waals surface area contributed by atoms with E-state index >= 15 is 0 Å². The fourth-order valence-electron chi connectivity index (χ4n) is 2.92. The summed E-state index contributed by atoms with van der Waals surface area (Å²) < 4.78 is 28.5. The van der Waals surface area contributed by atoms with E-state index < -0.39 is 17.6 Å². The Labute approximate surface area is 157 Å². The number of imidazole rings is 1. The molecule has 1 aliphatic rings. The normalized spacial score (nSPS) is 14.8. The van der Waals surface area contributed by atoms with E-state index in [0.717, 1.165) is 18.2 Å². The van der Waals surface area contributed by atoms with Crippen LogP contribution in [-0.4, -0.2) is 54.8 Å². The van der Waals surface area contributed by atoms with E-state index in [1.54, 1.807) is 9.47 Å². The van der Waals surface area contributed by atoms with E-state index in [-0.39, 0.29) is 41.3 Å². The third kappa shape index (κ3) is 4.12. The van der Waals surface area contributed by atoms with Gasteiger partial charge in [0.2, 0.25) is 0 Å². The van der Waals surface area contributed by atoms with E-state index in [2.05, 4.69) is 21.8 Å². The van der Waals surface area contributed by atoms with Crippen molar-refractivity contribution >= 4 is 28.7 Å². The number of hydrogen-bond donors (Lipinski definition) is 1. The Morgan fingerprint density at radius 2 is 2.08 bits per heavy atom. The number of carboxylic acids is 1. The van der Waals surface area contributed by atoms with Gasteiger partial charge in [-0.2, -0.15) is 0 Å². The Hall–Kier alpha value is -2.21. The van der Waals surface area contributed by atoms with Gasteiger partial charge < -0.3 is 0 Å². The number of amides is 1. The number of aromatic nitrogens is 2. The fourth-order valence-corrected chi connectivity index (χ4v) is 3.66. The molecule has 2 radical (unpaired) electrons. The summed E-state index contributed by atoms with van der Waals surface area (Å²) >= 11 is 2.33. The zero-order valence-corrected chi connectivity index (χ0v) is 15.6. The molecule has 1 atom stereocenters. The molecule has 136 valence electrons. The van der Waals surface area contributed by atoms with Crippen LogP contribution in [0.2, 0.25) is 4.71 Å². The van der Waals surface area contributed by atoms with Crippen molar-refractivity contribution in [3.05, 3.63) is 53.1 Å². The number of aromatic carboxylic acids is 1. The third-order valence-corrected chi connectivity index (χ3v) is 5.01. The molecule has 0 saturated heterocycles. The van der Waals surface area contributed by atoms with Crippen LogP contribution in [0.4, 0.5) is 8.78 Å². The number of halogens is 2. The van der Waals surface area contributed by atoms with Crippen LogP contribution >= 0.6 is 0 Å². The van der Waals surface area contributed by atoms with Gasteiger partial charge in [0.25, 0.3) is 0 Å². The number of fused-ring (bicyclic) bond motifs is 1. The van der Waals surface area contributed by atoms with Gasteiger partial charge in [0.15, 0.2) is 0 Å². The van der Waals surface area contributed by atoms with E-state index in [1.807, 2.05) is 0 Å². The summed E-state index contributed by atoms with van der Waals surface area (Å²) in [7, 11) is 0. The topological polar surface area (TPSA) is 75.4 Å². The van der Waals surface area contributed by atoms with Crippen molar-refractivity contribution < 1.29 is 23.5 Å². The van der Waals surface area contributed by atoms with Crippen molar-refractivity contribution in [2.75, 3.05) is 6.54 Å². The number of rotatable bonds is 5. The van der Waals surface area contributed by atoms with Crippen LogP contribution in [0.5, 0.6) is 0 Å². The van der Waals surface area contributed by atoms with E-state index in [0.29, 0.717) is 18.9 Å². The minimum absolute atomic E-state index is 0.0408. The van der Waals surface area contributed by atoms with Crippen LogP contribution in [0.1, 0.15) is 28.3 Å². The Bertz CT molecular complexity index is 856. The standard InChI is InChI=1S/C17H16AsF2N3O3/c18-11(5-10-6-12(19)1-2-13(10)20)7-16(24)23-4-3-22-8-14(17(25)26)21-15(22)9-23/h1-2,6,8,11H,3-5,7,9H2,(H,25,26)/t11-/m1/s1. The van der Waals surface area contributed by atoms with Gasteiger partial charge in [-0.3, -0.25) is 0 Å². The summed E-state index contributed by atoms with van der Waals surface area (Å²) in [6.07, 6.45) is 1.87. The molecule has 9 heteroatoms. The second-order valence-corrected chi connectivity index (χ2v) is 7.69. The molecule has 3 rings (SSSR count). The molecule has 1 aliphatic heterocycles. The Morgan fingerprint density at radius 3 is 2.81 bits per heavy atom. The Morgan fingerprint density at radius 1 is 1.31 bits per heavy atom. The van der Waals surface area contributed by atoms with E-state index in [9.17, 15) is 18.4 Å². The first-order valence-corrected chi connectivity index (χ1v) is 9.11. The van der Waals surface area contributed by atoms with Crippen LogP contribution in [0.15, 0.2) is 24.4 Å². The van der Waals surface area contributed by atoms with Crippen molar-refractivity contribution in [3.8, 4) is 0 Å². The Balaban J connectivity index is 1.61. The third-order valence-electron chi connectivity index (χ3n) is 4.25. The summed E-state index contributed by atoms with van der Waals surface area (Å²) in [4.78, 5) is 29.1. The minimum atomic E-state index is -1.10. The second kappa shape index (κ2) is 7.58. The number of nitrogens with zero attached hydrogens (tertiary/aromatic N) is 3. The van der Waals surface area contributed by atoms with Crippen LogP contribution in [0, 0.1) is 11.6 Å². The van der Waals surface area contributed by atoms with E-state index in [1.165, 1.54) is 6.20 Å². The van der Waals surface area contributed by atoms with Crippen molar-refractivity contribution in [2.24, 2.45) is 0 Å². The first-order valence-electron chi connectivity index (χ1n) is 8.02. The van der Waals surface area contributed by atoms with Gasteiger partial charge in [0, 0.05) is 0 Å². The number of carbonyl (C=O) groups excluding carboxylic acids is 1. The number of benzene rings is 1. The zero-order valence-electron chi connectivity index (χ0n) is 13.7. The number of carbonyl (C=O) groups is 2. The molecule has 2 heterocycles. The SMILES string of the molecule is O=C(O)c1cn2c(n1)CN(C(=O)C[C@H]([As])Cc1cc(F)ccc1F)CC2. The molecule has 0 unspecified atom stereocenters. The van der Waals surface area contributed by atoms with Gasteiger partial charge in [-0.15, -0.1) is 0 Å². The van der Waals surface area contributed by atoms with Gasteiger partial charge >= 0.3 is 157 Å². The first kappa shape index (κ1) is 18.6. The molecular weight excluding hydrogens is 407 g/mol. The molecule has 1 aromatic carbocycles. The molecule has 0 saturated carbocycles. The average molecular weight is 423 g/mol. The van der Waals surface area contributed by atoms with Crippen LogP contribution < -0.4 is 0 Å². The summed E-state index contributed by atoms with van der Waals surface area (Å²) in [6.45, 7) is 1.17. The molecule has 6 nitrogen and oxygen atoms in total. The molecule has 1 aromatic heterocycles. The quantitative estimate of drug-likeness (QED) is 0.745. The maximum atomic E-state index is 13.7. The molecule has 0 bridgehead atoms. The molecule has 1 amide bonds. The van der Waals surface area contributed by atoms with Crippen LogP contribution in [0.3, 0.4) is 0 Å². The van der Waals surface area contributed by atoms with Crippen molar-refractivity contribution in [1.29, 1.82) is 0 Å². The fraction of sp³-hybridized carbons (Fsp3) is 0.353. The van der Waals surface area contributed by atoms with Crippen LogP contribution in [-0.2, 0) is 24.3 Å². The summed E-state index contributed by atoms with van der Waals surface area (Å²) in [6, 6.07) is 3.28. The average Bonchev–Trinajstić information content (AvgIpc) is 3.01.